The molecule has 0 bridgehead atoms. The van der Waals surface area contributed by atoms with Crippen molar-refractivity contribution < 1.29 is 0 Å². The normalized spacial score (nSPS) is 12.8. The number of para-hydroxylation sites is 1. The van der Waals surface area contributed by atoms with E-state index < -0.39 is 0 Å². The molecular formula is C23H21N3S2. The van der Waals surface area contributed by atoms with Crippen molar-refractivity contribution in [2.24, 2.45) is 0 Å². The van der Waals surface area contributed by atoms with Crippen molar-refractivity contribution in [3.05, 3.63) is 66.2 Å². The van der Waals surface area contributed by atoms with Crippen molar-refractivity contribution >= 4 is 44.7 Å². The first kappa shape index (κ1) is 17.7. The van der Waals surface area contributed by atoms with Gasteiger partial charge in [-0.05, 0) is 67.5 Å². The Morgan fingerprint density at radius 2 is 1.75 bits per heavy atom. The van der Waals surface area contributed by atoms with Gasteiger partial charge in [0.05, 0.1) is 27.1 Å². The Bertz CT molecular complexity index is 1140. The van der Waals surface area contributed by atoms with Crippen LogP contribution in [0.25, 0.3) is 21.3 Å². The Kier molecular flexibility index (Phi) is 4.81. The lowest BCUT2D eigenvalue weighted by Crippen LogP contribution is -2.24. The number of hydrogen-bond donors (Lipinski definition) is 1. The standard InChI is InChI=1S/C23H21N3S2/c1-24-11-4-12-26-19-5-2-3-6-22(19)28-23-14-17(7-9-20(23)26)16-8-10-21-18(13-16)25-15-27-21/h2-3,5-10,13-15,24H,4,11-12H2,1H3. The van der Waals surface area contributed by atoms with Crippen molar-refractivity contribution in [2.45, 2.75) is 16.2 Å². The molecule has 5 heteroatoms. The van der Waals surface area contributed by atoms with E-state index in [2.05, 4.69) is 75.9 Å². The van der Waals surface area contributed by atoms with Gasteiger partial charge in [0, 0.05) is 16.3 Å². The number of fused-ring (bicyclic) bond motifs is 3. The summed E-state index contributed by atoms with van der Waals surface area (Å²) in [6.07, 6.45) is 1.11. The molecule has 1 N–H and O–H groups in total. The van der Waals surface area contributed by atoms with E-state index in [1.165, 1.54) is 37.0 Å². The van der Waals surface area contributed by atoms with Crippen LogP contribution in [0.15, 0.2) is 76.0 Å². The number of benzene rings is 3. The zero-order valence-electron chi connectivity index (χ0n) is 15.7. The van der Waals surface area contributed by atoms with E-state index in [0.29, 0.717) is 0 Å². The Labute approximate surface area is 173 Å². The summed E-state index contributed by atoms with van der Waals surface area (Å²) in [7, 11) is 2.01. The van der Waals surface area contributed by atoms with Gasteiger partial charge in [-0.25, -0.2) is 4.98 Å². The van der Waals surface area contributed by atoms with E-state index in [1.807, 2.05) is 24.3 Å². The molecule has 0 saturated heterocycles. The van der Waals surface area contributed by atoms with Crippen molar-refractivity contribution in [3.8, 4) is 11.1 Å². The molecule has 0 saturated carbocycles. The van der Waals surface area contributed by atoms with Gasteiger partial charge in [-0.15, -0.1) is 11.3 Å². The summed E-state index contributed by atoms with van der Waals surface area (Å²) in [6, 6.07) is 22.1. The molecule has 0 radical (unpaired) electrons. The maximum Gasteiger partial charge on any atom is 0.0818 e. The van der Waals surface area contributed by atoms with Gasteiger partial charge in [0.1, 0.15) is 0 Å². The molecule has 0 spiro atoms. The average molecular weight is 404 g/mol. The van der Waals surface area contributed by atoms with Gasteiger partial charge >= 0.3 is 0 Å². The first-order valence-electron chi connectivity index (χ1n) is 9.50. The van der Waals surface area contributed by atoms with Crippen molar-refractivity contribution in [1.29, 1.82) is 0 Å². The topological polar surface area (TPSA) is 28.2 Å². The highest BCUT2D eigenvalue weighted by Gasteiger charge is 2.23. The average Bonchev–Trinajstić information content (AvgIpc) is 3.21. The molecule has 0 atom stereocenters. The molecule has 5 rings (SSSR count). The molecule has 1 aliphatic rings. The molecule has 4 aromatic rings. The number of aromatic nitrogens is 1. The van der Waals surface area contributed by atoms with Gasteiger partial charge in [0.2, 0.25) is 0 Å². The molecule has 0 amide bonds. The van der Waals surface area contributed by atoms with E-state index >= 15 is 0 Å². The van der Waals surface area contributed by atoms with Crippen LogP contribution in [0.4, 0.5) is 11.4 Å². The number of rotatable bonds is 5. The molecule has 140 valence electrons. The molecular weight excluding hydrogens is 382 g/mol. The zero-order chi connectivity index (χ0) is 18.9. The minimum absolute atomic E-state index is 1.01. The lowest BCUT2D eigenvalue weighted by molar-refractivity contribution is 0.719. The van der Waals surface area contributed by atoms with Crippen LogP contribution in [0, 0.1) is 0 Å². The van der Waals surface area contributed by atoms with E-state index in [1.54, 1.807) is 11.3 Å². The molecule has 1 aromatic heterocycles. The highest BCUT2D eigenvalue weighted by Crippen LogP contribution is 2.49. The van der Waals surface area contributed by atoms with Crippen LogP contribution in [0.3, 0.4) is 0 Å². The number of anilines is 2. The van der Waals surface area contributed by atoms with Crippen LogP contribution in [0.5, 0.6) is 0 Å². The summed E-state index contributed by atoms with van der Waals surface area (Å²) in [5.74, 6) is 0. The first-order valence-corrected chi connectivity index (χ1v) is 11.2. The van der Waals surface area contributed by atoms with Crippen LogP contribution >= 0.6 is 23.1 Å². The predicted molar refractivity (Wildman–Crippen MR) is 121 cm³/mol. The first-order chi connectivity index (χ1) is 13.8. The van der Waals surface area contributed by atoms with E-state index in [4.69, 9.17) is 0 Å². The quantitative estimate of drug-likeness (QED) is 0.403. The minimum atomic E-state index is 1.01. The van der Waals surface area contributed by atoms with Gasteiger partial charge in [-0.1, -0.05) is 36.0 Å². The fraction of sp³-hybridized carbons (Fsp3) is 0.174. The number of nitrogens with zero attached hydrogens (tertiary/aromatic N) is 2. The summed E-state index contributed by atoms with van der Waals surface area (Å²) in [5, 5.41) is 3.26. The van der Waals surface area contributed by atoms with Crippen LogP contribution in [0.2, 0.25) is 0 Å². The smallest absolute Gasteiger partial charge is 0.0818 e. The van der Waals surface area contributed by atoms with Crippen LogP contribution < -0.4 is 10.2 Å². The number of nitrogens with one attached hydrogen (secondary N) is 1. The summed E-state index contributed by atoms with van der Waals surface area (Å²) in [6.45, 7) is 2.03. The highest BCUT2D eigenvalue weighted by molar-refractivity contribution is 7.99. The van der Waals surface area contributed by atoms with E-state index in [0.717, 1.165) is 25.0 Å². The Morgan fingerprint density at radius 3 is 2.68 bits per heavy atom. The third kappa shape index (κ3) is 3.20. The highest BCUT2D eigenvalue weighted by atomic mass is 32.2. The van der Waals surface area contributed by atoms with E-state index in [9.17, 15) is 0 Å². The van der Waals surface area contributed by atoms with Crippen LogP contribution in [-0.4, -0.2) is 25.1 Å². The second kappa shape index (κ2) is 7.59. The second-order valence-corrected chi connectivity index (χ2v) is 8.87. The Balaban J connectivity index is 1.54. The van der Waals surface area contributed by atoms with Crippen molar-refractivity contribution in [3.63, 3.8) is 0 Å². The molecule has 2 heterocycles. The minimum Gasteiger partial charge on any atom is -0.340 e. The molecule has 0 aliphatic carbocycles. The molecule has 0 fully saturated rings. The molecule has 1 aliphatic heterocycles. The molecule has 28 heavy (non-hydrogen) atoms. The molecule has 0 unspecified atom stereocenters. The SMILES string of the molecule is CNCCCN1c2ccccc2Sc2cc(-c3ccc4scnc4c3)ccc21. The fourth-order valence-electron chi connectivity index (χ4n) is 3.71. The monoisotopic (exact) mass is 403 g/mol. The summed E-state index contributed by atoms with van der Waals surface area (Å²) in [5.41, 5.74) is 8.08. The van der Waals surface area contributed by atoms with Crippen molar-refractivity contribution in [1.82, 2.24) is 10.3 Å². The van der Waals surface area contributed by atoms with Crippen LogP contribution in [0.1, 0.15) is 6.42 Å². The maximum atomic E-state index is 4.48. The third-order valence-electron chi connectivity index (χ3n) is 5.10. The zero-order valence-corrected chi connectivity index (χ0v) is 17.3. The van der Waals surface area contributed by atoms with Crippen LogP contribution in [-0.2, 0) is 0 Å². The largest absolute Gasteiger partial charge is 0.340 e. The number of hydrogen-bond acceptors (Lipinski definition) is 5. The summed E-state index contributed by atoms with van der Waals surface area (Å²) >= 11 is 3.56. The Hall–Kier alpha value is -2.34. The van der Waals surface area contributed by atoms with Gasteiger partial charge in [0.25, 0.3) is 0 Å². The van der Waals surface area contributed by atoms with E-state index in [-0.39, 0.29) is 0 Å². The van der Waals surface area contributed by atoms with Gasteiger partial charge in [-0.2, -0.15) is 0 Å². The third-order valence-corrected chi connectivity index (χ3v) is 7.02. The molecule has 3 nitrogen and oxygen atoms in total. The lowest BCUT2D eigenvalue weighted by atomic mass is 10.0. The Morgan fingerprint density at radius 1 is 0.929 bits per heavy atom. The summed E-state index contributed by atoms with van der Waals surface area (Å²) in [4.78, 5) is 9.58. The summed E-state index contributed by atoms with van der Waals surface area (Å²) < 4.78 is 1.24. The van der Waals surface area contributed by atoms with Gasteiger partial charge < -0.3 is 10.2 Å². The maximum absolute atomic E-state index is 4.48. The lowest BCUT2D eigenvalue weighted by Gasteiger charge is -2.33. The number of thiazole rings is 1. The molecule has 3 aromatic carbocycles. The predicted octanol–water partition coefficient (Wildman–Crippen LogP) is 6.18. The van der Waals surface area contributed by atoms with Crippen molar-refractivity contribution in [2.75, 3.05) is 25.0 Å². The van der Waals surface area contributed by atoms with Gasteiger partial charge in [0.15, 0.2) is 0 Å². The second-order valence-electron chi connectivity index (χ2n) is 6.90. The van der Waals surface area contributed by atoms with Gasteiger partial charge in [-0.3, -0.25) is 0 Å². The fourth-order valence-corrected chi connectivity index (χ4v) is 5.50.